The smallest absolute Gasteiger partial charge is 0.355 e. The fourth-order valence-electron chi connectivity index (χ4n) is 2.14. The van der Waals surface area contributed by atoms with Gasteiger partial charge in [-0.05, 0) is 37.8 Å². The van der Waals surface area contributed by atoms with Gasteiger partial charge in [0.05, 0.1) is 0 Å². The molecule has 0 spiro atoms. The molecule has 0 aliphatic carbocycles. The first kappa shape index (κ1) is 15.6. The van der Waals surface area contributed by atoms with E-state index < -0.39 is 8.56 Å². The second kappa shape index (κ2) is 8.64. The fraction of sp³-hybridized carbons (Fsp3) is 1.00. The third-order valence-electron chi connectivity index (χ3n) is 3.32. The minimum Gasteiger partial charge on any atom is -0.394 e. The van der Waals surface area contributed by atoms with Gasteiger partial charge < -0.3 is 8.95 Å². The van der Waals surface area contributed by atoms with Crippen LogP contribution in [0.1, 0.15) is 39.0 Å². The number of unbranched alkanes of at least 4 members (excludes halogenated alkanes) is 1. The number of hydroxylamine groups is 1. The SMILES string of the molecule is CCCCC1CCO[Si](C)(CCCBr)ONC1. The maximum absolute atomic E-state index is 6.02. The Labute approximate surface area is 115 Å². The molecule has 1 aliphatic rings. The fourth-order valence-corrected chi connectivity index (χ4v) is 5.00. The average molecular weight is 324 g/mol. The molecule has 3 nitrogen and oxygen atoms in total. The van der Waals surface area contributed by atoms with Crippen molar-refractivity contribution in [2.24, 2.45) is 5.92 Å². The Kier molecular flexibility index (Phi) is 7.95. The van der Waals surface area contributed by atoms with Crippen molar-refractivity contribution < 1.29 is 8.95 Å². The third kappa shape index (κ3) is 6.34. The van der Waals surface area contributed by atoms with Crippen LogP contribution in [-0.2, 0) is 8.95 Å². The standard InChI is InChI=1S/C12H26BrNO2Si/c1-3-4-6-12-7-9-15-17(2,10-5-8-13)16-14-11-12/h12,14H,3-11H2,1-2H3. The van der Waals surface area contributed by atoms with Crippen LogP contribution in [0.25, 0.3) is 0 Å². The van der Waals surface area contributed by atoms with Crippen molar-refractivity contribution in [2.45, 2.75) is 51.6 Å². The van der Waals surface area contributed by atoms with E-state index in [-0.39, 0.29) is 0 Å². The van der Waals surface area contributed by atoms with Gasteiger partial charge in [-0.3, -0.25) is 0 Å². The number of hydrogen-bond donors (Lipinski definition) is 1. The third-order valence-corrected chi connectivity index (χ3v) is 6.54. The van der Waals surface area contributed by atoms with Crippen LogP contribution in [-0.4, -0.2) is 27.0 Å². The molecule has 0 aromatic heterocycles. The van der Waals surface area contributed by atoms with E-state index in [2.05, 4.69) is 34.9 Å². The van der Waals surface area contributed by atoms with E-state index in [0.717, 1.165) is 30.9 Å². The molecule has 1 rings (SSSR count). The predicted molar refractivity (Wildman–Crippen MR) is 77.5 cm³/mol. The highest BCUT2D eigenvalue weighted by atomic mass is 79.9. The molecular weight excluding hydrogens is 298 g/mol. The molecule has 0 aromatic carbocycles. The molecule has 0 radical (unpaired) electrons. The summed E-state index contributed by atoms with van der Waals surface area (Å²) in [5.41, 5.74) is 3.17. The van der Waals surface area contributed by atoms with Crippen LogP contribution in [0.15, 0.2) is 0 Å². The Balaban J connectivity index is 2.30. The van der Waals surface area contributed by atoms with Gasteiger partial charge in [0.1, 0.15) is 0 Å². The van der Waals surface area contributed by atoms with Gasteiger partial charge in [0.2, 0.25) is 0 Å². The summed E-state index contributed by atoms with van der Waals surface area (Å²) in [6, 6.07) is 1.06. The van der Waals surface area contributed by atoms with Gasteiger partial charge in [0.15, 0.2) is 0 Å². The van der Waals surface area contributed by atoms with Crippen LogP contribution in [0.3, 0.4) is 0 Å². The molecule has 17 heavy (non-hydrogen) atoms. The second-order valence-corrected chi connectivity index (χ2v) is 9.08. The van der Waals surface area contributed by atoms with E-state index in [4.69, 9.17) is 8.95 Å². The van der Waals surface area contributed by atoms with Gasteiger partial charge >= 0.3 is 8.56 Å². The van der Waals surface area contributed by atoms with Crippen molar-refractivity contribution in [1.29, 1.82) is 0 Å². The Bertz CT molecular complexity index is 197. The predicted octanol–water partition coefficient (Wildman–Crippen LogP) is 3.59. The van der Waals surface area contributed by atoms with Crippen molar-refractivity contribution in [3.05, 3.63) is 0 Å². The Hall–Kier alpha value is 0.577. The van der Waals surface area contributed by atoms with Gasteiger partial charge in [-0.1, -0.05) is 35.7 Å². The van der Waals surface area contributed by atoms with Crippen LogP contribution in [0.5, 0.6) is 0 Å². The molecule has 102 valence electrons. The van der Waals surface area contributed by atoms with Crippen LogP contribution in [0, 0.1) is 5.92 Å². The molecule has 2 atom stereocenters. The number of halogens is 1. The summed E-state index contributed by atoms with van der Waals surface area (Å²) in [5, 5.41) is 1.03. The van der Waals surface area contributed by atoms with Gasteiger partial charge in [-0.25, -0.2) is 5.48 Å². The second-order valence-electron chi connectivity index (χ2n) is 5.02. The molecular formula is C12H26BrNO2Si. The molecule has 0 aromatic rings. The molecule has 5 heteroatoms. The van der Waals surface area contributed by atoms with E-state index in [9.17, 15) is 0 Å². The first-order valence-electron chi connectivity index (χ1n) is 6.81. The Morgan fingerprint density at radius 2 is 2.24 bits per heavy atom. The lowest BCUT2D eigenvalue weighted by Crippen LogP contribution is -2.47. The summed E-state index contributed by atoms with van der Waals surface area (Å²) in [6.45, 7) is 6.27. The largest absolute Gasteiger partial charge is 0.394 e. The summed E-state index contributed by atoms with van der Waals surface area (Å²) in [4.78, 5) is 0. The number of nitrogens with one attached hydrogen (secondary N) is 1. The zero-order valence-corrected chi connectivity index (χ0v) is 13.7. The summed E-state index contributed by atoms with van der Waals surface area (Å²) < 4.78 is 11.8. The number of alkyl halides is 1. The Morgan fingerprint density at radius 3 is 2.94 bits per heavy atom. The van der Waals surface area contributed by atoms with Gasteiger partial charge in [0, 0.05) is 18.5 Å². The molecule has 1 saturated heterocycles. The maximum Gasteiger partial charge on any atom is 0.355 e. The monoisotopic (exact) mass is 323 g/mol. The zero-order chi connectivity index (χ0) is 12.6. The zero-order valence-electron chi connectivity index (χ0n) is 11.1. The maximum atomic E-state index is 6.02. The first-order valence-corrected chi connectivity index (χ1v) is 10.5. The number of rotatable bonds is 6. The molecule has 0 saturated carbocycles. The molecule has 1 aliphatic heterocycles. The van der Waals surface area contributed by atoms with Gasteiger partial charge in [-0.2, -0.15) is 0 Å². The van der Waals surface area contributed by atoms with E-state index in [1.54, 1.807) is 0 Å². The summed E-state index contributed by atoms with van der Waals surface area (Å²) in [6.07, 6.45) is 6.17. The normalized spacial score (nSPS) is 30.9. The van der Waals surface area contributed by atoms with Crippen molar-refractivity contribution in [3.8, 4) is 0 Å². The lowest BCUT2D eigenvalue weighted by Gasteiger charge is -2.31. The summed E-state index contributed by atoms with van der Waals surface area (Å²) in [7, 11) is -1.94. The Morgan fingerprint density at radius 1 is 1.41 bits per heavy atom. The molecule has 1 N–H and O–H groups in total. The van der Waals surface area contributed by atoms with E-state index in [1.807, 2.05) is 0 Å². The van der Waals surface area contributed by atoms with E-state index in [0.29, 0.717) is 5.92 Å². The van der Waals surface area contributed by atoms with Crippen LogP contribution >= 0.6 is 15.9 Å². The van der Waals surface area contributed by atoms with Gasteiger partial charge in [-0.15, -0.1) is 0 Å². The molecule has 1 fully saturated rings. The highest BCUT2D eigenvalue weighted by Gasteiger charge is 2.33. The molecule has 0 bridgehead atoms. The van der Waals surface area contributed by atoms with Crippen molar-refractivity contribution in [1.82, 2.24) is 5.48 Å². The number of hydrogen-bond acceptors (Lipinski definition) is 3. The van der Waals surface area contributed by atoms with E-state index in [1.165, 1.54) is 25.7 Å². The molecule has 0 amide bonds. The van der Waals surface area contributed by atoms with E-state index >= 15 is 0 Å². The molecule has 2 unspecified atom stereocenters. The highest BCUT2D eigenvalue weighted by molar-refractivity contribution is 9.09. The average Bonchev–Trinajstić information content (AvgIpc) is 2.30. The minimum absolute atomic E-state index is 0.713. The van der Waals surface area contributed by atoms with Crippen molar-refractivity contribution in [3.63, 3.8) is 0 Å². The minimum atomic E-state index is -1.94. The summed E-state index contributed by atoms with van der Waals surface area (Å²) >= 11 is 3.46. The molecule has 1 heterocycles. The lowest BCUT2D eigenvalue weighted by atomic mass is 9.99. The van der Waals surface area contributed by atoms with Crippen LogP contribution in [0.4, 0.5) is 0 Å². The highest BCUT2D eigenvalue weighted by Crippen LogP contribution is 2.21. The quantitative estimate of drug-likeness (QED) is 0.598. The first-order chi connectivity index (χ1) is 8.20. The van der Waals surface area contributed by atoms with Crippen LogP contribution < -0.4 is 5.48 Å². The van der Waals surface area contributed by atoms with Crippen LogP contribution in [0.2, 0.25) is 12.6 Å². The lowest BCUT2D eigenvalue weighted by molar-refractivity contribution is 0.0677. The van der Waals surface area contributed by atoms with Gasteiger partial charge in [0.25, 0.3) is 0 Å². The topological polar surface area (TPSA) is 30.5 Å². The van der Waals surface area contributed by atoms with Crippen molar-refractivity contribution >= 4 is 24.5 Å². The summed E-state index contributed by atoms with van der Waals surface area (Å²) in [5.74, 6) is 0.713. The van der Waals surface area contributed by atoms with Crippen molar-refractivity contribution in [2.75, 3.05) is 18.5 Å².